The lowest BCUT2D eigenvalue weighted by molar-refractivity contribution is 0.443. The lowest BCUT2D eigenvalue weighted by Crippen LogP contribution is -2.06. The van der Waals surface area contributed by atoms with Gasteiger partial charge in [0.1, 0.15) is 5.75 Å². The molecule has 0 unspecified atom stereocenters. The van der Waals surface area contributed by atoms with Gasteiger partial charge in [-0.25, -0.2) is 0 Å². The Morgan fingerprint density at radius 2 is 1.23 bits per heavy atom. The second kappa shape index (κ2) is 9.39. The van der Waals surface area contributed by atoms with Crippen LogP contribution in [0.15, 0.2) is 66.7 Å². The van der Waals surface area contributed by atoms with E-state index in [1.165, 1.54) is 43.2 Å². The molecule has 1 aliphatic rings. The third kappa shape index (κ3) is 5.14. The standard InChI is InChI=1S/C29H26O/c1-22-7-9-23(10-8-22)11-12-25-14-18-27(17-13-24-15-19-28(30)20-16-24)29(21-25)26-5-3-2-4-6-26/h7-10,14-16,18-21,26,30H,2-6H2,1H3. The first-order valence-corrected chi connectivity index (χ1v) is 10.7. The van der Waals surface area contributed by atoms with Gasteiger partial charge in [0.15, 0.2) is 0 Å². The van der Waals surface area contributed by atoms with Crippen LogP contribution in [-0.2, 0) is 0 Å². The van der Waals surface area contributed by atoms with Crippen molar-refractivity contribution in [3.63, 3.8) is 0 Å². The number of phenols is 1. The van der Waals surface area contributed by atoms with Crippen molar-refractivity contribution >= 4 is 0 Å². The summed E-state index contributed by atoms with van der Waals surface area (Å²) in [7, 11) is 0. The molecule has 3 aromatic carbocycles. The van der Waals surface area contributed by atoms with Gasteiger partial charge in [-0.3, -0.25) is 0 Å². The predicted octanol–water partition coefficient (Wildman–Crippen LogP) is 6.55. The molecule has 0 atom stereocenters. The Kier molecular flexibility index (Phi) is 6.22. The van der Waals surface area contributed by atoms with Gasteiger partial charge in [0.25, 0.3) is 0 Å². The van der Waals surface area contributed by atoms with E-state index in [1.54, 1.807) is 12.1 Å². The molecule has 0 saturated heterocycles. The summed E-state index contributed by atoms with van der Waals surface area (Å²) in [6, 6.07) is 21.8. The number of hydrogen-bond acceptors (Lipinski definition) is 1. The summed E-state index contributed by atoms with van der Waals surface area (Å²) in [6.07, 6.45) is 6.35. The van der Waals surface area contributed by atoms with E-state index in [0.29, 0.717) is 5.92 Å². The maximum absolute atomic E-state index is 9.47. The number of aromatic hydroxyl groups is 1. The SMILES string of the molecule is Cc1ccc(C#Cc2ccc(C#Cc3ccc(O)cc3)c(C3CCCCC3)c2)cc1. The molecule has 148 valence electrons. The van der Waals surface area contributed by atoms with Crippen molar-refractivity contribution in [2.45, 2.75) is 44.9 Å². The van der Waals surface area contributed by atoms with Gasteiger partial charge in [0.2, 0.25) is 0 Å². The lowest BCUT2D eigenvalue weighted by Gasteiger charge is -2.23. The van der Waals surface area contributed by atoms with Crippen molar-refractivity contribution in [3.05, 3.63) is 100 Å². The molecule has 1 N–H and O–H groups in total. The Morgan fingerprint density at radius 3 is 1.93 bits per heavy atom. The van der Waals surface area contributed by atoms with E-state index in [4.69, 9.17) is 0 Å². The summed E-state index contributed by atoms with van der Waals surface area (Å²) in [5.41, 5.74) is 6.66. The minimum Gasteiger partial charge on any atom is -0.508 e. The molecule has 0 bridgehead atoms. The number of phenolic OH excluding ortho intramolecular Hbond substituents is 1. The summed E-state index contributed by atoms with van der Waals surface area (Å²) in [5, 5.41) is 9.47. The summed E-state index contributed by atoms with van der Waals surface area (Å²) >= 11 is 0. The van der Waals surface area contributed by atoms with Gasteiger partial charge in [0.05, 0.1) is 0 Å². The molecule has 0 heterocycles. The zero-order valence-electron chi connectivity index (χ0n) is 17.4. The Hall–Kier alpha value is -3.42. The molecular formula is C29H26O. The summed E-state index contributed by atoms with van der Waals surface area (Å²) in [6.45, 7) is 2.09. The molecule has 3 aromatic rings. The third-order valence-electron chi connectivity index (χ3n) is 5.71. The highest BCUT2D eigenvalue weighted by Crippen LogP contribution is 2.34. The lowest BCUT2D eigenvalue weighted by atomic mass is 9.81. The van der Waals surface area contributed by atoms with Crippen molar-refractivity contribution in [1.29, 1.82) is 0 Å². The molecule has 0 aliphatic heterocycles. The van der Waals surface area contributed by atoms with Gasteiger partial charge in [-0.05, 0) is 85.8 Å². The molecular weight excluding hydrogens is 364 g/mol. The Labute approximate surface area is 179 Å². The molecule has 0 aromatic heterocycles. The number of benzene rings is 3. The van der Waals surface area contributed by atoms with E-state index in [2.05, 4.69) is 73.1 Å². The highest BCUT2D eigenvalue weighted by atomic mass is 16.3. The van der Waals surface area contributed by atoms with Gasteiger partial charge in [-0.1, -0.05) is 60.6 Å². The fourth-order valence-corrected chi connectivity index (χ4v) is 3.97. The first-order chi connectivity index (χ1) is 14.7. The second-order valence-corrected chi connectivity index (χ2v) is 8.05. The smallest absolute Gasteiger partial charge is 0.115 e. The molecule has 1 aliphatic carbocycles. The minimum atomic E-state index is 0.264. The largest absolute Gasteiger partial charge is 0.508 e. The molecule has 0 spiro atoms. The van der Waals surface area contributed by atoms with Crippen LogP contribution >= 0.6 is 0 Å². The second-order valence-electron chi connectivity index (χ2n) is 8.05. The molecule has 1 heteroatoms. The van der Waals surface area contributed by atoms with Crippen LogP contribution in [0.2, 0.25) is 0 Å². The quantitative estimate of drug-likeness (QED) is 0.467. The first-order valence-electron chi connectivity index (χ1n) is 10.7. The Balaban J connectivity index is 1.66. The fraction of sp³-hybridized carbons (Fsp3) is 0.241. The zero-order chi connectivity index (χ0) is 20.8. The number of hydrogen-bond donors (Lipinski definition) is 1. The maximum atomic E-state index is 9.47. The molecule has 30 heavy (non-hydrogen) atoms. The van der Waals surface area contributed by atoms with Crippen molar-refractivity contribution in [2.75, 3.05) is 0 Å². The topological polar surface area (TPSA) is 20.2 Å². The molecule has 0 radical (unpaired) electrons. The van der Waals surface area contributed by atoms with E-state index in [-0.39, 0.29) is 5.75 Å². The number of rotatable bonds is 1. The predicted molar refractivity (Wildman–Crippen MR) is 124 cm³/mol. The Bertz CT molecular complexity index is 1120. The van der Waals surface area contributed by atoms with Crippen LogP contribution in [0.1, 0.15) is 71.4 Å². The average Bonchev–Trinajstić information content (AvgIpc) is 2.79. The van der Waals surface area contributed by atoms with E-state index in [9.17, 15) is 5.11 Å². The molecule has 4 rings (SSSR count). The van der Waals surface area contributed by atoms with Crippen LogP contribution < -0.4 is 0 Å². The summed E-state index contributed by atoms with van der Waals surface area (Å²) < 4.78 is 0. The maximum Gasteiger partial charge on any atom is 0.115 e. The van der Waals surface area contributed by atoms with Gasteiger partial charge in [-0.2, -0.15) is 0 Å². The van der Waals surface area contributed by atoms with Crippen LogP contribution in [0, 0.1) is 30.6 Å². The van der Waals surface area contributed by atoms with Crippen molar-refractivity contribution < 1.29 is 5.11 Å². The van der Waals surface area contributed by atoms with Gasteiger partial charge < -0.3 is 5.11 Å². The Morgan fingerprint density at radius 1 is 0.667 bits per heavy atom. The van der Waals surface area contributed by atoms with Crippen LogP contribution in [0.3, 0.4) is 0 Å². The van der Waals surface area contributed by atoms with Gasteiger partial charge >= 0.3 is 0 Å². The van der Waals surface area contributed by atoms with Crippen LogP contribution in [-0.4, -0.2) is 5.11 Å². The van der Waals surface area contributed by atoms with Crippen LogP contribution in [0.25, 0.3) is 0 Å². The zero-order valence-corrected chi connectivity index (χ0v) is 17.4. The highest BCUT2D eigenvalue weighted by Gasteiger charge is 2.18. The van der Waals surface area contributed by atoms with E-state index in [0.717, 1.165) is 22.3 Å². The van der Waals surface area contributed by atoms with Crippen molar-refractivity contribution in [3.8, 4) is 29.4 Å². The fourth-order valence-electron chi connectivity index (χ4n) is 3.97. The van der Waals surface area contributed by atoms with Crippen LogP contribution in [0.4, 0.5) is 0 Å². The molecule has 0 amide bonds. The average molecular weight is 391 g/mol. The summed E-state index contributed by atoms with van der Waals surface area (Å²) in [4.78, 5) is 0. The monoisotopic (exact) mass is 390 g/mol. The molecule has 1 fully saturated rings. The summed E-state index contributed by atoms with van der Waals surface area (Å²) in [5.74, 6) is 14.1. The van der Waals surface area contributed by atoms with Crippen LogP contribution in [0.5, 0.6) is 5.75 Å². The van der Waals surface area contributed by atoms with E-state index in [1.807, 2.05) is 12.1 Å². The highest BCUT2D eigenvalue weighted by molar-refractivity contribution is 5.53. The van der Waals surface area contributed by atoms with Gasteiger partial charge in [0, 0.05) is 22.3 Å². The van der Waals surface area contributed by atoms with Crippen molar-refractivity contribution in [1.82, 2.24) is 0 Å². The molecule has 1 saturated carbocycles. The van der Waals surface area contributed by atoms with E-state index >= 15 is 0 Å². The van der Waals surface area contributed by atoms with Gasteiger partial charge in [-0.15, -0.1) is 0 Å². The normalized spacial score (nSPS) is 13.6. The molecule has 1 nitrogen and oxygen atoms in total. The minimum absolute atomic E-state index is 0.264. The van der Waals surface area contributed by atoms with E-state index < -0.39 is 0 Å². The first kappa shape index (κ1) is 19.9. The third-order valence-corrected chi connectivity index (χ3v) is 5.71. The number of aryl methyl sites for hydroxylation is 1. The van der Waals surface area contributed by atoms with Crippen molar-refractivity contribution in [2.24, 2.45) is 0 Å².